The average molecular weight is 240 g/mol. The molecule has 0 saturated carbocycles. The fourth-order valence-corrected chi connectivity index (χ4v) is 1.49. The van der Waals surface area contributed by atoms with Gasteiger partial charge in [0.15, 0.2) is 0 Å². The van der Waals surface area contributed by atoms with Crippen molar-refractivity contribution in [2.45, 2.75) is 13.5 Å². The number of rotatable bonds is 7. The van der Waals surface area contributed by atoms with Gasteiger partial charge in [0.1, 0.15) is 5.56 Å². The molecule has 0 unspecified atom stereocenters. The summed E-state index contributed by atoms with van der Waals surface area (Å²) in [4.78, 5) is 13.1. The quantitative estimate of drug-likeness (QED) is 0.664. The van der Waals surface area contributed by atoms with Crippen molar-refractivity contribution in [1.82, 2.24) is 20.0 Å². The number of hydrogen-bond donors (Lipinski definition) is 2. The predicted octanol–water partition coefficient (Wildman–Crippen LogP) is 0.160. The van der Waals surface area contributed by atoms with Gasteiger partial charge in [-0.15, -0.1) is 0 Å². The maximum absolute atomic E-state index is 10.9. The molecule has 6 heteroatoms. The van der Waals surface area contributed by atoms with E-state index in [2.05, 4.69) is 29.3 Å². The minimum atomic E-state index is -0.930. The van der Waals surface area contributed by atoms with Crippen molar-refractivity contribution < 1.29 is 9.90 Å². The lowest BCUT2D eigenvalue weighted by molar-refractivity contribution is 0.0695. The van der Waals surface area contributed by atoms with Gasteiger partial charge in [-0.05, 0) is 13.6 Å². The summed E-state index contributed by atoms with van der Waals surface area (Å²) >= 11 is 0. The minimum Gasteiger partial charge on any atom is -0.478 e. The molecule has 0 aliphatic heterocycles. The lowest BCUT2D eigenvalue weighted by Crippen LogP contribution is -2.29. The first-order chi connectivity index (χ1) is 8.06. The molecule has 0 saturated heterocycles. The van der Waals surface area contributed by atoms with E-state index in [9.17, 15) is 4.79 Å². The zero-order chi connectivity index (χ0) is 12.8. The molecule has 96 valence electrons. The molecule has 0 fully saturated rings. The summed E-state index contributed by atoms with van der Waals surface area (Å²) in [5.74, 6) is -0.930. The third kappa shape index (κ3) is 3.83. The zero-order valence-electron chi connectivity index (χ0n) is 10.6. The molecule has 0 radical (unpaired) electrons. The lowest BCUT2D eigenvalue weighted by Gasteiger charge is -2.14. The maximum atomic E-state index is 10.9. The van der Waals surface area contributed by atoms with Gasteiger partial charge in [-0.1, -0.05) is 6.92 Å². The van der Waals surface area contributed by atoms with Gasteiger partial charge in [-0.2, -0.15) is 5.10 Å². The van der Waals surface area contributed by atoms with Crippen molar-refractivity contribution in [2.75, 3.05) is 26.7 Å². The number of carbonyl (C=O) groups is 1. The van der Waals surface area contributed by atoms with Crippen LogP contribution in [0.4, 0.5) is 0 Å². The van der Waals surface area contributed by atoms with Crippen LogP contribution in [0.3, 0.4) is 0 Å². The summed E-state index contributed by atoms with van der Waals surface area (Å²) in [5, 5.41) is 16.1. The molecule has 0 amide bonds. The Labute approximate surface area is 101 Å². The second-order valence-corrected chi connectivity index (χ2v) is 4.01. The van der Waals surface area contributed by atoms with Crippen LogP contribution in [0.25, 0.3) is 0 Å². The van der Waals surface area contributed by atoms with Gasteiger partial charge < -0.3 is 15.3 Å². The average Bonchev–Trinajstić information content (AvgIpc) is 2.66. The molecule has 0 aliphatic carbocycles. The van der Waals surface area contributed by atoms with Gasteiger partial charge in [0.25, 0.3) is 0 Å². The number of nitrogens with zero attached hydrogens (tertiary/aromatic N) is 3. The number of aryl methyl sites for hydroxylation is 1. The molecule has 17 heavy (non-hydrogen) atoms. The summed E-state index contributed by atoms with van der Waals surface area (Å²) in [6.45, 7) is 5.40. The Hall–Kier alpha value is -1.40. The van der Waals surface area contributed by atoms with E-state index in [-0.39, 0.29) is 5.56 Å². The number of aromatic nitrogens is 2. The summed E-state index contributed by atoms with van der Waals surface area (Å²) in [6, 6.07) is 0. The van der Waals surface area contributed by atoms with Crippen LogP contribution in [0.2, 0.25) is 0 Å². The minimum absolute atomic E-state index is 0.267. The van der Waals surface area contributed by atoms with E-state index in [4.69, 9.17) is 5.11 Å². The van der Waals surface area contributed by atoms with Crippen molar-refractivity contribution in [1.29, 1.82) is 0 Å². The van der Waals surface area contributed by atoms with Gasteiger partial charge in [0.2, 0.25) is 0 Å². The van der Waals surface area contributed by atoms with Crippen molar-refractivity contribution in [2.24, 2.45) is 7.05 Å². The van der Waals surface area contributed by atoms with E-state index in [1.165, 1.54) is 6.20 Å². The molecule has 0 spiro atoms. The fraction of sp³-hybridized carbons (Fsp3) is 0.636. The molecular formula is C11H20N4O2. The molecule has 6 nitrogen and oxygen atoms in total. The first-order valence-corrected chi connectivity index (χ1v) is 5.69. The molecule has 0 atom stereocenters. The van der Waals surface area contributed by atoms with E-state index in [0.717, 1.165) is 19.6 Å². The molecule has 1 heterocycles. The van der Waals surface area contributed by atoms with Crippen LogP contribution in [-0.4, -0.2) is 52.4 Å². The van der Waals surface area contributed by atoms with Gasteiger partial charge in [-0.25, -0.2) is 4.79 Å². The van der Waals surface area contributed by atoms with Crippen molar-refractivity contribution in [3.8, 4) is 0 Å². The topological polar surface area (TPSA) is 70.4 Å². The number of carboxylic acids is 1. The molecule has 0 bridgehead atoms. The smallest absolute Gasteiger partial charge is 0.339 e. The molecule has 0 aromatic carbocycles. The highest BCUT2D eigenvalue weighted by Gasteiger charge is 2.14. The van der Waals surface area contributed by atoms with Gasteiger partial charge >= 0.3 is 5.97 Å². The van der Waals surface area contributed by atoms with Crippen LogP contribution in [0.15, 0.2) is 6.20 Å². The van der Waals surface area contributed by atoms with Crippen LogP contribution in [-0.2, 0) is 13.6 Å². The third-order valence-corrected chi connectivity index (χ3v) is 2.79. The summed E-state index contributed by atoms with van der Waals surface area (Å²) < 4.78 is 1.60. The van der Waals surface area contributed by atoms with E-state index in [1.54, 1.807) is 11.7 Å². The number of nitrogens with one attached hydrogen (secondary N) is 1. The summed E-state index contributed by atoms with van der Waals surface area (Å²) in [6.07, 6.45) is 1.39. The molecule has 1 aromatic rings. The van der Waals surface area contributed by atoms with Crippen LogP contribution >= 0.6 is 0 Å². The van der Waals surface area contributed by atoms with Gasteiger partial charge in [0.05, 0.1) is 11.9 Å². The number of aromatic carboxylic acids is 1. The highest BCUT2D eigenvalue weighted by molar-refractivity contribution is 5.88. The molecular weight excluding hydrogens is 220 g/mol. The monoisotopic (exact) mass is 240 g/mol. The Balaban J connectivity index is 2.46. The van der Waals surface area contributed by atoms with Crippen LogP contribution < -0.4 is 5.32 Å². The van der Waals surface area contributed by atoms with E-state index < -0.39 is 5.97 Å². The van der Waals surface area contributed by atoms with E-state index >= 15 is 0 Å². The first kappa shape index (κ1) is 13.7. The Kier molecular flexibility index (Phi) is 5.11. The van der Waals surface area contributed by atoms with Crippen LogP contribution in [0, 0.1) is 0 Å². The summed E-state index contributed by atoms with van der Waals surface area (Å²) in [5.41, 5.74) is 0.973. The fourth-order valence-electron chi connectivity index (χ4n) is 1.49. The SMILES string of the molecule is CCN(C)CCNCc1c(C(=O)O)cnn1C. The van der Waals surface area contributed by atoms with Crippen molar-refractivity contribution in [3.63, 3.8) is 0 Å². The third-order valence-electron chi connectivity index (χ3n) is 2.79. The summed E-state index contributed by atoms with van der Waals surface area (Å²) in [7, 11) is 3.80. The highest BCUT2D eigenvalue weighted by Crippen LogP contribution is 2.06. The maximum Gasteiger partial charge on any atom is 0.339 e. The second-order valence-electron chi connectivity index (χ2n) is 4.01. The molecule has 0 aliphatic rings. The Morgan fingerprint density at radius 3 is 2.94 bits per heavy atom. The largest absolute Gasteiger partial charge is 0.478 e. The van der Waals surface area contributed by atoms with Gasteiger partial charge in [0, 0.05) is 26.7 Å². The number of likely N-dealkylation sites (N-methyl/N-ethyl adjacent to an activating group) is 1. The van der Waals surface area contributed by atoms with Crippen LogP contribution in [0.1, 0.15) is 23.0 Å². The van der Waals surface area contributed by atoms with Crippen LogP contribution in [0.5, 0.6) is 0 Å². The number of hydrogen-bond acceptors (Lipinski definition) is 4. The number of carboxylic acid groups (broad SMARTS) is 1. The van der Waals surface area contributed by atoms with Crippen molar-refractivity contribution >= 4 is 5.97 Å². The standard InChI is InChI=1S/C11H20N4O2/c1-4-14(2)6-5-12-8-10-9(11(16)17)7-13-15(10)3/h7,12H,4-6,8H2,1-3H3,(H,16,17). The lowest BCUT2D eigenvalue weighted by atomic mass is 10.2. The normalized spacial score (nSPS) is 11.1. The first-order valence-electron chi connectivity index (χ1n) is 5.69. The van der Waals surface area contributed by atoms with E-state index in [0.29, 0.717) is 12.2 Å². The molecule has 1 rings (SSSR count). The van der Waals surface area contributed by atoms with Gasteiger partial charge in [-0.3, -0.25) is 4.68 Å². The second kappa shape index (κ2) is 6.36. The highest BCUT2D eigenvalue weighted by atomic mass is 16.4. The zero-order valence-corrected chi connectivity index (χ0v) is 10.6. The Morgan fingerprint density at radius 1 is 1.65 bits per heavy atom. The Morgan fingerprint density at radius 2 is 2.35 bits per heavy atom. The Bertz CT molecular complexity index is 376. The van der Waals surface area contributed by atoms with Crippen molar-refractivity contribution in [3.05, 3.63) is 17.5 Å². The molecule has 2 N–H and O–H groups in total. The predicted molar refractivity (Wildman–Crippen MR) is 65.0 cm³/mol. The molecule has 1 aromatic heterocycles. The van der Waals surface area contributed by atoms with E-state index in [1.807, 2.05) is 0 Å².